The van der Waals surface area contributed by atoms with E-state index in [0.717, 1.165) is 66.6 Å². The van der Waals surface area contributed by atoms with Crippen LogP contribution in [0, 0.1) is 20.8 Å². The SMILES string of the molecule is CCN1CCN(c2cc(C)nc3c4c(C)cc(C)nc4nn23)CC1. The van der Waals surface area contributed by atoms with Crippen molar-refractivity contribution >= 4 is 22.5 Å². The monoisotopic (exact) mass is 324 g/mol. The van der Waals surface area contributed by atoms with Crippen LogP contribution in [0.2, 0.25) is 0 Å². The van der Waals surface area contributed by atoms with Gasteiger partial charge in [-0.05, 0) is 38.9 Å². The minimum atomic E-state index is 0.791. The highest BCUT2D eigenvalue weighted by Gasteiger charge is 2.21. The molecule has 0 unspecified atom stereocenters. The summed E-state index contributed by atoms with van der Waals surface area (Å²) < 4.78 is 1.98. The van der Waals surface area contributed by atoms with Crippen LogP contribution in [0.15, 0.2) is 12.1 Å². The molecular formula is C18H24N6. The van der Waals surface area contributed by atoms with Gasteiger partial charge in [-0.15, -0.1) is 5.10 Å². The Hall–Kier alpha value is -2.21. The Morgan fingerprint density at radius 3 is 2.38 bits per heavy atom. The first-order chi connectivity index (χ1) is 11.6. The van der Waals surface area contributed by atoms with Crippen LogP contribution in [-0.4, -0.2) is 57.2 Å². The predicted molar refractivity (Wildman–Crippen MR) is 96.8 cm³/mol. The Kier molecular flexibility index (Phi) is 3.64. The van der Waals surface area contributed by atoms with E-state index in [1.54, 1.807) is 0 Å². The second kappa shape index (κ2) is 5.70. The molecule has 0 N–H and O–H groups in total. The van der Waals surface area contributed by atoms with Gasteiger partial charge in [0.05, 0.1) is 5.39 Å². The van der Waals surface area contributed by atoms with Gasteiger partial charge in [0, 0.05) is 43.6 Å². The second-order valence-corrected chi connectivity index (χ2v) is 6.69. The highest BCUT2D eigenvalue weighted by Crippen LogP contribution is 2.26. The number of pyridine rings is 1. The van der Waals surface area contributed by atoms with E-state index < -0.39 is 0 Å². The molecule has 1 saturated heterocycles. The standard InChI is InChI=1S/C18H24N6/c1-5-22-6-8-23(9-7-22)15-11-14(4)20-18-16-12(2)10-13(3)19-17(16)21-24(15)18/h10-11H,5-9H2,1-4H3. The summed E-state index contributed by atoms with van der Waals surface area (Å²) in [6.07, 6.45) is 0. The molecule has 6 heteroatoms. The first-order valence-corrected chi connectivity index (χ1v) is 8.68. The number of hydrogen-bond donors (Lipinski definition) is 0. The molecule has 3 aromatic heterocycles. The Morgan fingerprint density at radius 1 is 0.958 bits per heavy atom. The molecule has 24 heavy (non-hydrogen) atoms. The lowest BCUT2D eigenvalue weighted by Crippen LogP contribution is -2.46. The van der Waals surface area contributed by atoms with Crippen molar-refractivity contribution in [1.29, 1.82) is 0 Å². The first-order valence-electron chi connectivity index (χ1n) is 8.68. The predicted octanol–water partition coefficient (Wildman–Crippen LogP) is 2.34. The van der Waals surface area contributed by atoms with Gasteiger partial charge in [0.1, 0.15) is 5.82 Å². The summed E-state index contributed by atoms with van der Waals surface area (Å²) in [6, 6.07) is 4.25. The van der Waals surface area contributed by atoms with Crippen molar-refractivity contribution in [2.75, 3.05) is 37.6 Å². The van der Waals surface area contributed by atoms with Crippen molar-refractivity contribution in [1.82, 2.24) is 24.5 Å². The van der Waals surface area contributed by atoms with Crippen LogP contribution in [0.25, 0.3) is 16.7 Å². The molecule has 1 aliphatic rings. The van der Waals surface area contributed by atoms with Gasteiger partial charge in [-0.3, -0.25) is 0 Å². The number of fused-ring (bicyclic) bond motifs is 3. The average molecular weight is 324 g/mol. The molecule has 0 saturated carbocycles. The number of hydrogen-bond acceptors (Lipinski definition) is 5. The van der Waals surface area contributed by atoms with Gasteiger partial charge in [0.2, 0.25) is 0 Å². The Morgan fingerprint density at radius 2 is 1.67 bits per heavy atom. The third kappa shape index (κ3) is 2.41. The van der Waals surface area contributed by atoms with Crippen molar-refractivity contribution in [3.8, 4) is 0 Å². The average Bonchev–Trinajstić information content (AvgIpc) is 2.92. The molecule has 1 fully saturated rings. The van der Waals surface area contributed by atoms with E-state index in [4.69, 9.17) is 10.1 Å². The van der Waals surface area contributed by atoms with Crippen LogP contribution in [0.5, 0.6) is 0 Å². The van der Waals surface area contributed by atoms with Gasteiger partial charge in [0.25, 0.3) is 0 Å². The van der Waals surface area contributed by atoms with E-state index in [2.05, 4.69) is 47.7 Å². The quantitative estimate of drug-likeness (QED) is 0.724. The largest absolute Gasteiger partial charge is 0.354 e. The summed E-state index contributed by atoms with van der Waals surface area (Å²) >= 11 is 0. The number of piperazine rings is 1. The number of nitrogens with zero attached hydrogens (tertiary/aromatic N) is 6. The van der Waals surface area contributed by atoms with Gasteiger partial charge in [0.15, 0.2) is 11.3 Å². The molecule has 3 aromatic rings. The molecule has 0 bridgehead atoms. The lowest BCUT2D eigenvalue weighted by molar-refractivity contribution is 0.270. The first kappa shape index (κ1) is 15.3. The summed E-state index contributed by atoms with van der Waals surface area (Å²) in [5.41, 5.74) is 4.92. The molecule has 4 heterocycles. The van der Waals surface area contributed by atoms with Crippen LogP contribution in [0.1, 0.15) is 23.9 Å². The molecule has 0 aliphatic carbocycles. The third-order valence-electron chi connectivity index (χ3n) is 4.93. The number of rotatable bonds is 2. The number of aryl methyl sites for hydroxylation is 3. The van der Waals surface area contributed by atoms with Crippen molar-refractivity contribution in [3.63, 3.8) is 0 Å². The van der Waals surface area contributed by atoms with E-state index in [0.29, 0.717) is 0 Å². The molecule has 0 radical (unpaired) electrons. The maximum Gasteiger partial charge on any atom is 0.184 e. The van der Waals surface area contributed by atoms with Gasteiger partial charge >= 0.3 is 0 Å². The van der Waals surface area contributed by atoms with Gasteiger partial charge < -0.3 is 9.80 Å². The Balaban J connectivity index is 1.88. The van der Waals surface area contributed by atoms with Crippen LogP contribution in [-0.2, 0) is 0 Å². The smallest absolute Gasteiger partial charge is 0.184 e. The molecular weight excluding hydrogens is 300 g/mol. The number of anilines is 1. The molecule has 0 amide bonds. The molecule has 0 aromatic carbocycles. The van der Waals surface area contributed by atoms with E-state index in [1.165, 1.54) is 5.56 Å². The third-order valence-corrected chi connectivity index (χ3v) is 4.93. The minimum absolute atomic E-state index is 0.791. The fraction of sp³-hybridized carbons (Fsp3) is 0.500. The van der Waals surface area contributed by atoms with Crippen LogP contribution in [0.3, 0.4) is 0 Å². The summed E-state index contributed by atoms with van der Waals surface area (Å²) in [7, 11) is 0. The molecule has 6 nitrogen and oxygen atoms in total. The zero-order valence-electron chi connectivity index (χ0n) is 14.9. The van der Waals surface area contributed by atoms with E-state index in [9.17, 15) is 0 Å². The highest BCUT2D eigenvalue weighted by atomic mass is 15.4. The molecule has 1 aliphatic heterocycles. The van der Waals surface area contributed by atoms with Gasteiger partial charge in [-0.1, -0.05) is 6.92 Å². The number of likely N-dealkylation sites (N-methyl/N-ethyl adjacent to an activating group) is 1. The van der Waals surface area contributed by atoms with Crippen LogP contribution < -0.4 is 4.90 Å². The lowest BCUT2D eigenvalue weighted by atomic mass is 10.2. The fourth-order valence-electron chi connectivity index (χ4n) is 3.64. The topological polar surface area (TPSA) is 49.6 Å². The Bertz CT molecular complexity index is 905. The second-order valence-electron chi connectivity index (χ2n) is 6.69. The Labute approximate surface area is 142 Å². The van der Waals surface area contributed by atoms with E-state index in [-0.39, 0.29) is 0 Å². The fourth-order valence-corrected chi connectivity index (χ4v) is 3.64. The van der Waals surface area contributed by atoms with E-state index >= 15 is 0 Å². The van der Waals surface area contributed by atoms with Gasteiger partial charge in [-0.2, -0.15) is 4.52 Å². The minimum Gasteiger partial charge on any atom is -0.354 e. The normalized spacial score (nSPS) is 16.4. The van der Waals surface area contributed by atoms with Crippen molar-refractivity contribution < 1.29 is 0 Å². The maximum absolute atomic E-state index is 4.78. The number of aromatic nitrogens is 4. The molecule has 4 rings (SSSR count). The summed E-state index contributed by atoms with van der Waals surface area (Å²) in [4.78, 5) is 14.3. The van der Waals surface area contributed by atoms with Crippen molar-refractivity contribution in [3.05, 3.63) is 29.1 Å². The van der Waals surface area contributed by atoms with Crippen LogP contribution >= 0.6 is 0 Å². The summed E-state index contributed by atoms with van der Waals surface area (Å²) in [5.74, 6) is 1.13. The molecule has 0 atom stereocenters. The summed E-state index contributed by atoms with van der Waals surface area (Å²) in [5, 5.41) is 5.85. The lowest BCUT2D eigenvalue weighted by Gasteiger charge is -2.35. The highest BCUT2D eigenvalue weighted by molar-refractivity contribution is 5.93. The van der Waals surface area contributed by atoms with E-state index in [1.807, 2.05) is 11.4 Å². The zero-order valence-corrected chi connectivity index (χ0v) is 14.9. The maximum atomic E-state index is 4.78. The van der Waals surface area contributed by atoms with Crippen molar-refractivity contribution in [2.45, 2.75) is 27.7 Å². The van der Waals surface area contributed by atoms with Gasteiger partial charge in [-0.25, -0.2) is 9.97 Å². The van der Waals surface area contributed by atoms with Crippen LogP contribution in [0.4, 0.5) is 5.82 Å². The molecule has 126 valence electrons. The summed E-state index contributed by atoms with van der Waals surface area (Å²) in [6.45, 7) is 13.8. The van der Waals surface area contributed by atoms with Crippen molar-refractivity contribution in [2.24, 2.45) is 0 Å². The molecule has 0 spiro atoms. The zero-order chi connectivity index (χ0) is 16.8.